The van der Waals surface area contributed by atoms with E-state index in [1.165, 1.54) is 5.69 Å². The van der Waals surface area contributed by atoms with Gasteiger partial charge in [0.05, 0.1) is 12.1 Å². The standard InChI is InChI=1S/C13H19N2/c1-10(2)15(11(3)4)9-14-12-7-5-6-8-13(12)15/h5-11H,1-4H3/q+1. The Morgan fingerprint density at radius 1 is 1.00 bits per heavy atom. The van der Waals surface area contributed by atoms with Gasteiger partial charge in [0.1, 0.15) is 5.69 Å². The van der Waals surface area contributed by atoms with E-state index in [1.54, 1.807) is 0 Å². The Hall–Kier alpha value is -1.15. The van der Waals surface area contributed by atoms with Gasteiger partial charge >= 0.3 is 0 Å². The van der Waals surface area contributed by atoms with Gasteiger partial charge in [0.2, 0.25) is 0 Å². The zero-order valence-corrected chi connectivity index (χ0v) is 9.94. The Bertz CT molecular complexity index is 383. The van der Waals surface area contributed by atoms with Crippen molar-refractivity contribution in [3.05, 3.63) is 24.3 Å². The molecular weight excluding hydrogens is 184 g/mol. The summed E-state index contributed by atoms with van der Waals surface area (Å²) in [5.74, 6) is 0. The van der Waals surface area contributed by atoms with E-state index in [0.29, 0.717) is 12.1 Å². The van der Waals surface area contributed by atoms with Crippen LogP contribution in [-0.4, -0.2) is 18.4 Å². The molecule has 2 nitrogen and oxygen atoms in total. The normalized spacial score (nSPS) is 17.5. The monoisotopic (exact) mass is 203 g/mol. The van der Waals surface area contributed by atoms with E-state index in [4.69, 9.17) is 0 Å². The molecule has 1 heterocycles. The number of aliphatic imine (C=N–C) groups is 1. The van der Waals surface area contributed by atoms with E-state index in [0.717, 1.165) is 10.2 Å². The van der Waals surface area contributed by atoms with Crippen molar-refractivity contribution in [3.8, 4) is 0 Å². The topological polar surface area (TPSA) is 12.4 Å². The summed E-state index contributed by atoms with van der Waals surface area (Å²) in [6, 6.07) is 9.50. The van der Waals surface area contributed by atoms with Gasteiger partial charge in [0.25, 0.3) is 0 Å². The van der Waals surface area contributed by atoms with Crippen molar-refractivity contribution in [3.63, 3.8) is 0 Å². The molecular formula is C13H19N2+. The molecule has 15 heavy (non-hydrogen) atoms. The molecule has 0 bridgehead atoms. The van der Waals surface area contributed by atoms with Gasteiger partial charge in [-0.1, -0.05) is 12.1 Å². The van der Waals surface area contributed by atoms with Gasteiger partial charge in [-0.3, -0.25) is 0 Å². The summed E-state index contributed by atoms with van der Waals surface area (Å²) in [6.45, 7) is 9.03. The second-order valence-electron chi connectivity index (χ2n) is 4.76. The number of para-hydroxylation sites is 2. The number of rotatable bonds is 2. The maximum Gasteiger partial charge on any atom is 0.196 e. The highest BCUT2D eigenvalue weighted by Crippen LogP contribution is 2.41. The highest BCUT2D eigenvalue weighted by Gasteiger charge is 2.41. The minimum atomic E-state index is 0.525. The van der Waals surface area contributed by atoms with Crippen molar-refractivity contribution in [2.24, 2.45) is 4.99 Å². The molecule has 0 atom stereocenters. The average Bonchev–Trinajstić information content (AvgIpc) is 2.57. The number of hydrogen-bond acceptors (Lipinski definition) is 1. The number of quaternary nitrogens is 1. The number of nitrogens with zero attached hydrogens (tertiary/aromatic N) is 2. The molecule has 0 fully saturated rings. The van der Waals surface area contributed by atoms with E-state index < -0.39 is 0 Å². The molecule has 1 aromatic rings. The van der Waals surface area contributed by atoms with Crippen LogP contribution >= 0.6 is 0 Å². The molecule has 0 aromatic heterocycles. The smallest absolute Gasteiger partial charge is 0.196 e. The number of fused-ring (bicyclic) bond motifs is 1. The van der Waals surface area contributed by atoms with E-state index in [2.05, 4.69) is 63.3 Å². The Balaban J connectivity index is 2.59. The van der Waals surface area contributed by atoms with Crippen molar-refractivity contribution in [2.45, 2.75) is 39.8 Å². The van der Waals surface area contributed by atoms with Gasteiger partial charge in [-0.15, -0.1) is 0 Å². The first kappa shape index (κ1) is 10.4. The molecule has 0 unspecified atom stereocenters. The van der Waals surface area contributed by atoms with Crippen LogP contribution in [0.2, 0.25) is 0 Å². The molecule has 0 saturated carbocycles. The third-order valence-electron chi connectivity index (χ3n) is 3.40. The van der Waals surface area contributed by atoms with Crippen LogP contribution in [0.4, 0.5) is 11.4 Å². The lowest BCUT2D eigenvalue weighted by Crippen LogP contribution is -2.56. The van der Waals surface area contributed by atoms with Crippen LogP contribution in [-0.2, 0) is 0 Å². The van der Waals surface area contributed by atoms with Crippen LogP contribution in [0.5, 0.6) is 0 Å². The van der Waals surface area contributed by atoms with Crippen LogP contribution in [0.3, 0.4) is 0 Å². The molecule has 0 aliphatic carbocycles. The lowest BCUT2D eigenvalue weighted by atomic mass is 10.1. The summed E-state index contributed by atoms with van der Waals surface area (Å²) in [4.78, 5) is 4.54. The van der Waals surface area contributed by atoms with Gasteiger partial charge in [0.15, 0.2) is 12.0 Å². The van der Waals surface area contributed by atoms with Crippen LogP contribution < -0.4 is 4.48 Å². The fraction of sp³-hybridized carbons (Fsp3) is 0.462. The minimum Gasteiger partial charge on any atom is -0.243 e. The van der Waals surface area contributed by atoms with Crippen molar-refractivity contribution < 1.29 is 0 Å². The summed E-state index contributed by atoms with van der Waals surface area (Å²) in [7, 11) is 0. The highest BCUT2D eigenvalue weighted by molar-refractivity contribution is 5.89. The lowest BCUT2D eigenvalue weighted by Gasteiger charge is -2.38. The minimum absolute atomic E-state index is 0.525. The fourth-order valence-electron chi connectivity index (χ4n) is 2.54. The predicted octanol–water partition coefficient (Wildman–Crippen LogP) is 3.48. The van der Waals surface area contributed by atoms with E-state index in [9.17, 15) is 0 Å². The molecule has 2 rings (SSSR count). The average molecular weight is 203 g/mol. The van der Waals surface area contributed by atoms with Gasteiger partial charge in [-0.2, -0.15) is 4.99 Å². The quantitative estimate of drug-likeness (QED) is 0.652. The fourth-order valence-corrected chi connectivity index (χ4v) is 2.54. The third-order valence-corrected chi connectivity index (χ3v) is 3.40. The Labute approximate surface area is 91.8 Å². The molecule has 1 aromatic carbocycles. The SMILES string of the molecule is CC(C)[N+]1(C(C)C)C=Nc2ccccc21. The Kier molecular flexibility index (Phi) is 2.39. The predicted molar refractivity (Wildman–Crippen MR) is 66.7 cm³/mol. The van der Waals surface area contributed by atoms with Crippen LogP contribution in [0.15, 0.2) is 29.3 Å². The van der Waals surface area contributed by atoms with Crippen LogP contribution in [0, 0.1) is 0 Å². The largest absolute Gasteiger partial charge is 0.243 e. The highest BCUT2D eigenvalue weighted by atomic mass is 15.4. The van der Waals surface area contributed by atoms with Gasteiger partial charge < -0.3 is 0 Å². The molecule has 2 heteroatoms. The molecule has 0 radical (unpaired) electrons. The Morgan fingerprint density at radius 3 is 2.20 bits per heavy atom. The molecule has 80 valence electrons. The number of hydrogen-bond donors (Lipinski definition) is 0. The summed E-state index contributed by atoms with van der Waals surface area (Å²) >= 11 is 0. The zero-order chi connectivity index (χ0) is 11.1. The van der Waals surface area contributed by atoms with E-state index >= 15 is 0 Å². The third kappa shape index (κ3) is 1.32. The molecule has 0 saturated heterocycles. The maximum atomic E-state index is 4.54. The van der Waals surface area contributed by atoms with Crippen molar-refractivity contribution in [2.75, 3.05) is 0 Å². The molecule has 1 aliphatic rings. The first-order valence-electron chi connectivity index (χ1n) is 5.62. The summed E-state index contributed by atoms with van der Waals surface area (Å²) in [5.41, 5.74) is 2.46. The van der Waals surface area contributed by atoms with E-state index in [1.807, 2.05) is 0 Å². The number of benzene rings is 1. The maximum absolute atomic E-state index is 4.54. The first-order valence-corrected chi connectivity index (χ1v) is 5.62. The summed E-state index contributed by atoms with van der Waals surface area (Å²) in [5, 5.41) is 0. The molecule has 1 aliphatic heterocycles. The second kappa shape index (κ2) is 3.46. The van der Waals surface area contributed by atoms with E-state index in [-0.39, 0.29) is 0 Å². The molecule has 0 amide bonds. The van der Waals surface area contributed by atoms with Gasteiger partial charge in [-0.25, -0.2) is 4.48 Å². The van der Waals surface area contributed by atoms with Crippen LogP contribution in [0.1, 0.15) is 27.7 Å². The van der Waals surface area contributed by atoms with Gasteiger partial charge in [0, 0.05) is 6.07 Å². The summed E-state index contributed by atoms with van der Waals surface area (Å²) in [6.07, 6.45) is 2.10. The van der Waals surface area contributed by atoms with Crippen LogP contribution in [0.25, 0.3) is 0 Å². The Morgan fingerprint density at radius 2 is 1.60 bits per heavy atom. The first-order chi connectivity index (χ1) is 7.09. The van der Waals surface area contributed by atoms with Crippen molar-refractivity contribution in [1.82, 2.24) is 4.48 Å². The molecule has 0 N–H and O–H groups in total. The molecule has 0 spiro atoms. The van der Waals surface area contributed by atoms with Gasteiger partial charge in [-0.05, 0) is 33.8 Å². The lowest BCUT2D eigenvalue weighted by molar-refractivity contribution is 0.304. The van der Waals surface area contributed by atoms with Crippen molar-refractivity contribution in [1.29, 1.82) is 0 Å². The summed E-state index contributed by atoms with van der Waals surface area (Å²) < 4.78 is 0.871. The second-order valence-corrected chi connectivity index (χ2v) is 4.76. The van der Waals surface area contributed by atoms with Crippen molar-refractivity contribution >= 4 is 17.7 Å². The zero-order valence-electron chi connectivity index (χ0n) is 9.94.